The topological polar surface area (TPSA) is 67.4 Å². The average molecular weight is 308 g/mol. The van der Waals surface area contributed by atoms with Gasteiger partial charge in [0, 0.05) is 31.7 Å². The molecule has 1 aromatic heterocycles. The van der Waals surface area contributed by atoms with Gasteiger partial charge in [-0.3, -0.25) is 9.69 Å². The number of fused-ring (bicyclic) bond motifs is 4. The van der Waals surface area contributed by atoms with E-state index >= 15 is 0 Å². The Morgan fingerprint density at radius 3 is 3.24 bits per heavy atom. The Morgan fingerprint density at radius 2 is 2.38 bits per heavy atom. The molecule has 0 saturated carbocycles. The van der Waals surface area contributed by atoms with Crippen molar-refractivity contribution < 1.29 is 9.53 Å². The number of carbonyl (C=O) groups is 1. The summed E-state index contributed by atoms with van der Waals surface area (Å²) in [5.74, 6) is 0.114. The van der Waals surface area contributed by atoms with Crippen molar-refractivity contribution in [2.24, 2.45) is 0 Å². The fraction of sp³-hybridized carbons (Fsp3) is 0.786. The maximum Gasteiger partial charge on any atom is 0.234 e. The van der Waals surface area contributed by atoms with Gasteiger partial charge >= 0.3 is 0 Å². The number of ether oxygens (including phenoxy) is 1. The average Bonchev–Trinajstić information content (AvgIpc) is 3.19. The molecule has 3 unspecified atom stereocenters. The van der Waals surface area contributed by atoms with Crippen molar-refractivity contribution in [3.05, 3.63) is 10.6 Å². The van der Waals surface area contributed by atoms with Gasteiger partial charge in [-0.05, 0) is 37.2 Å². The van der Waals surface area contributed by atoms with Crippen molar-refractivity contribution in [3.63, 3.8) is 0 Å². The normalized spacial score (nSPS) is 31.3. The van der Waals surface area contributed by atoms with Crippen LogP contribution in [0.15, 0.2) is 0 Å². The second-order valence-corrected chi connectivity index (χ2v) is 6.93. The molecule has 7 heteroatoms. The largest absolute Gasteiger partial charge is 0.376 e. The van der Waals surface area contributed by atoms with E-state index in [4.69, 9.17) is 4.74 Å². The minimum Gasteiger partial charge on any atom is -0.376 e. The molecule has 0 aliphatic carbocycles. The summed E-state index contributed by atoms with van der Waals surface area (Å²) in [4.78, 5) is 15.8. The van der Waals surface area contributed by atoms with Gasteiger partial charge in [-0.15, -0.1) is 5.10 Å². The van der Waals surface area contributed by atoms with Gasteiger partial charge in [-0.1, -0.05) is 4.49 Å². The Bertz CT molecular complexity index is 529. The summed E-state index contributed by atoms with van der Waals surface area (Å²) in [5.41, 5.74) is 1.16. The molecule has 1 N–H and O–H groups in total. The molecule has 4 rings (SSSR count). The summed E-state index contributed by atoms with van der Waals surface area (Å²) in [5, 5.41) is 7.25. The van der Waals surface area contributed by atoms with E-state index in [0.717, 1.165) is 44.4 Å². The highest BCUT2D eigenvalue weighted by Gasteiger charge is 2.42. The van der Waals surface area contributed by atoms with E-state index in [2.05, 4.69) is 19.8 Å². The maximum atomic E-state index is 12.2. The quantitative estimate of drug-likeness (QED) is 0.895. The molecule has 0 spiro atoms. The molecule has 1 amide bonds. The third-order valence-electron chi connectivity index (χ3n) is 4.84. The highest BCUT2D eigenvalue weighted by atomic mass is 32.1. The van der Waals surface area contributed by atoms with E-state index < -0.39 is 0 Å². The fourth-order valence-electron chi connectivity index (χ4n) is 3.76. The molecule has 3 aliphatic heterocycles. The van der Waals surface area contributed by atoms with Gasteiger partial charge in [-0.2, -0.15) is 0 Å². The Morgan fingerprint density at radius 1 is 1.43 bits per heavy atom. The van der Waals surface area contributed by atoms with Crippen LogP contribution in [0.1, 0.15) is 42.3 Å². The van der Waals surface area contributed by atoms with Gasteiger partial charge in [0.2, 0.25) is 5.91 Å². The van der Waals surface area contributed by atoms with Crippen LogP contribution in [0.3, 0.4) is 0 Å². The summed E-state index contributed by atoms with van der Waals surface area (Å²) in [6.07, 6.45) is 5.61. The maximum absolute atomic E-state index is 12.2. The second kappa shape index (κ2) is 5.62. The summed E-state index contributed by atoms with van der Waals surface area (Å²) in [7, 11) is 0. The summed E-state index contributed by atoms with van der Waals surface area (Å²) in [6, 6.07) is 0.812. The van der Waals surface area contributed by atoms with E-state index in [1.165, 1.54) is 16.4 Å². The van der Waals surface area contributed by atoms with Gasteiger partial charge in [0.1, 0.15) is 0 Å². The SMILES string of the molecule is O=C(CN1C2CCC1c1snnc1C2)NCC1CCCO1. The third kappa shape index (κ3) is 2.58. The number of hydrogen-bond acceptors (Lipinski definition) is 6. The van der Waals surface area contributed by atoms with Gasteiger partial charge in [0.05, 0.1) is 23.2 Å². The van der Waals surface area contributed by atoms with E-state index in [0.29, 0.717) is 25.2 Å². The first-order chi connectivity index (χ1) is 10.3. The molecule has 6 nitrogen and oxygen atoms in total. The highest BCUT2D eigenvalue weighted by molar-refractivity contribution is 7.05. The lowest BCUT2D eigenvalue weighted by Gasteiger charge is -2.32. The number of amides is 1. The third-order valence-corrected chi connectivity index (χ3v) is 5.70. The first kappa shape index (κ1) is 13.6. The minimum absolute atomic E-state index is 0.114. The molecule has 0 aromatic carbocycles. The number of nitrogens with one attached hydrogen (secondary N) is 1. The predicted octanol–water partition coefficient (Wildman–Crippen LogP) is 0.895. The van der Waals surface area contributed by atoms with Crippen LogP contribution >= 0.6 is 11.5 Å². The zero-order valence-electron chi connectivity index (χ0n) is 12.0. The number of rotatable bonds is 4. The Hall–Kier alpha value is -1.05. The molecule has 2 fully saturated rings. The summed E-state index contributed by atoms with van der Waals surface area (Å²) >= 11 is 1.49. The second-order valence-electron chi connectivity index (χ2n) is 6.15. The molecular weight excluding hydrogens is 288 g/mol. The zero-order chi connectivity index (χ0) is 14.2. The van der Waals surface area contributed by atoms with Crippen molar-refractivity contribution in [1.29, 1.82) is 0 Å². The van der Waals surface area contributed by atoms with Gasteiger partial charge in [0.25, 0.3) is 0 Å². The standard InChI is InChI=1S/C14H20N4O2S/c19-13(15-7-10-2-1-5-20-10)8-18-9-3-4-12(18)14-11(6-9)16-17-21-14/h9-10,12H,1-8H2,(H,15,19). The summed E-state index contributed by atoms with van der Waals surface area (Å²) in [6.45, 7) is 1.97. The van der Waals surface area contributed by atoms with Crippen molar-refractivity contribution in [3.8, 4) is 0 Å². The monoisotopic (exact) mass is 308 g/mol. The van der Waals surface area contributed by atoms with Crippen LogP contribution in [0.25, 0.3) is 0 Å². The molecule has 114 valence electrons. The highest BCUT2D eigenvalue weighted by Crippen LogP contribution is 2.44. The van der Waals surface area contributed by atoms with Crippen molar-refractivity contribution in [2.75, 3.05) is 19.7 Å². The molecule has 4 heterocycles. The fourth-order valence-corrected chi connectivity index (χ4v) is 4.60. The van der Waals surface area contributed by atoms with Crippen LogP contribution in [0.2, 0.25) is 0 Å². The number of aromatic nitrogens is 2. The van der Waals surface area contributed by atoms with Crippen LogP contribution in [-0.4, -0.2) is 52.2 Å². The summed E-state index contributed by atoms with van der Waals surface area (Å²) < 4.78 is 9.61. The minimum atomic E-state index is 0.114. The lowest BCUT2D eigenvalue weighted by Crippen LogP contribution is -2.45. The Labute approximate surface area is 128 Å². The van der Waals surface area contributed by atoms with Crippen molar-refractivity contribution >= 4 is 17.4 Å². The van der Waals surface area contributed by atoms with Crippen molar-refractivity contribution in [1.82, 2.24) is 19.8 Å². The lowest BCUT2D eigenvalue weighted by molar-refractivity contribution is -0.123. The Balaban J connectivity index is 1.36. The number of hydrogen-bond donors (Lipinski definition) is 1. The van der Waals surface area contributed by atoms with Crippen LogP contribution in [0.5, 0.6) is 0 Å². The zero-order valence-corrected chi connectivity index (χ0v) is 12.8. The van der Waals surface area contributed by atoms with Gasteiger partial charge in [-0.25, -0.2) is 0 Å². The molecule has 21 heavy (non-hydrogen) atoms. The first-order valence-corrected chi connectivity index (χ1v) is 8.54. The molecule has 2 saturated heterocycles. The smallest absolute Gasteiger partial charge is 0.234 e. The molecule has 3 aliphatic rings. The van der Waals surface area contributed by atoms with E-state index in [-0.39, 0.29) is 12.0 Å². The van der Waals surface area contributed by atoms with Gasteiger partial charge in [0.15, 0.2) is 0 Å². The number of nitrogens with zero attached hydrogens (tertiary/aromatic N) is 3. The van der Waals surface area contributed by atoms with Crippen molar-refractivity contribution in [2.45, 2.75) is 50.3 Å². The van der Waals surface area contributed by atoms with E-state index in [1.807, 2.05) is 0 Å². The van der Waals surface area contributed by atoms with E-state index in [9.17, 15) is 4.79 Å². The molecular formula is C14H20N4O2S. The molecule has 3 atom stereocenters. The lowest BCUT2D eigenvalue weighted by atomic mass is 10.1. The van der Waals surface area contributed by atoms with Crippen LogP contribution in [0.4, 0.5) is 0 Å². The van der Waals surface area contributed by atoms with E-state index in [1.54, 1.807) is 0 Å². The molecule has 1 aromatic rings. The van der Waals surface area contributed by atoms with Gasteiger partial charge < -0.3 is 10.1 Å². The first-order valence-electron chi connectivity index (χ1n) is 7.76. The molecule has 2 bridgehead atoms. The van der Waals surface area contributed by atoms with Crippen LogP contribution in [0, 0.1) is 0 Å². The number of carbonyl (C=O) groups excluding carboxylic acids is 1. The predicted molar refractivity (Wildman–Crippen MR) is 78.1 cm³/mol. The van der Waals surface area contributed by atoms with Crippen LogP contribution in [-0.2, 0) is 16.0 Å². The Kier molecular flexibility index (Phi) is 3.64. The molecule has 0 radical (unpaired) electrons. The van der Waals surface area contributed by atoms with Crippen LogP contribution < -0.4 is 5.32 Å².